The smallest absolute Gasteiger partial charge is 0.175 e. The Kier molecular flexibility index (Phi) is 6.43. The topological polar surface area (TPSA) is 105 Å². The number of nitrogens with one attached hydrogen (secondary N) is 1. The van der Waals surface area contributed by atoms with Crippen molar-refractivity contribution >= 4 is 43.1 Å². The van der Waals surface area contributed by atoms with Crippen LogP contribution in [0.25, 0.3) is 22.6 Å². The fourth-order valence-electron chi connectivity index (χ4n) is 4.41. The fourth-order valence-corrected chi connectivity index (χ4v) is 5.28. The zero-order valence-corrected chi connectivity index (χ0v) is 21.3. The Bertz CT molecular complexity index is 1480. The summed E-state index contributed by atoms with van der Waals surface area (Å²) >= 11 is 3.40. The number of hydrogen-bond donors (Lipinski definition) is 1. The highest BCUT2D eigenvalue weighted by Crippen LogP contribution is 2.40. The second kappa shape index (κ2) is 9.52. The van der Waals surface area contributed by atoms with Gasteiger partial charge in [-0.15, -0.1) is 0 Å². The van der Waals surface area contributed by atoms with E-state index >= 15 is 0 Å². The summed E-state index contributed by atoms with van der Waals surface area (Å²) in [5.74, 6) is 1.78. The van der Waals surface area contributed by atoms with E-state index in [9.17, 15) is 13.2 Å². The Morgan fingerprint density at radius 2 is 2.00 bits per heavy atom. The Balaban J connectivity index is 1.57. The standard InChI is InChI=1S/C25H23BrN4O4S/c1-35(32,33)18-7-5-17(6-8-18)34-24-14-22-21(13-19(24)23-3-2-10-30(23)11-12-31)28-25(29-22)20-9-4-16(26)15-27-20/h4-9,12-15,23H,2-3,10-11H2,1H3,(H,28,29). The number of likely N-dealkylation sites (tertiary alicyclic amines) is 1. The average Bonchev–Trinajstić information content (AvgIpc) is 3.45. The Hall–Kier alpha value is -3.08. The van der Waals surface area contributed by atoms with Gasteiger partial charge in [-0.25, -0.2) is 13.4 Å². The summed E-state index contributed by atoms with van der Waals surface area (Å²) in [7, 11) is -3.30. The normalized spacial score (nSPS) is 16.6. The van der Waals surface area contributed by atoms with Crippen molar-refractivity contribution < 1.29 is 17.9 Å². The number of benzene rings is 2. The van der Waals surface area contributed by atoms with Crippen LogP contribution in [0.15, 0.2) is 64.1 Å². The molecular weight excluding hydrogens is 532 g/mol. The van der Waals surface area contributed by atoms with Gasteiger partial charge in [-0.1, -0.05) is 0 Å². The lowest BCUT2D eigenvalue weighted by Gasteiger charge is -2.24. The number of carbonyl (C=O) groups excluding carboxylic acids is 1. The Labute approximate surface area is 211 Å². The van der Waals surface area contributed by atoms with Crippen LogP contribution >= 0.6 is 15.9 Å². The molecule has 0 aliphatic carbocycles. The summed E-state index contributed by atoms with van der Waals surface area (Å²) in [4.78, 5) is 26.2. The third-order valence-corrected chi connectivity index (χ3v) is 7.69. The molecule has 1 atom stereocenters. The molecule has 1 N–H and O–H groups in total. The van der Waals surface area contributed by atoms with Crippen LogP contribution < -0.4 is 4.74 Å². The molecule has 1 aliphatic rings. The number of ether oxygens (including phenoxy) is 1. The highest BCUT2D eigenvalue weighted by atomic mass is 79.9. The van der Waals surface area contributed by atoms with Gasteiger partial charge in [0.15, 0.2) is 15.7 Å². The largest absolute Gasteiger partial charge is 0.457 e. The van der Waals surface area contributed by atoms with E-state index in [0.29, 0.717) is 29.6 Å². The van der Waals surface area contributed by atoms with Gasteiger partial charge in [-0.2, -0.15) is 0 Å². The average molecular weight is 555 g/mol. The molecule has 1 fully saturated rings. The summed E-state index contributed by atoms with van der Waals surface area (Å²) in [6, 6.07) is 14.1. The summed E-state index contributed by atoms with van der Waals surface area (Å²) in [5.41, 5.74) is 3.23. The number of carbonyl (C=O) groups is 1. The van der Waals surface area contributed by atoms with Gasteiger partial charge in [0.25, 0.3) is 0 Å². The van der Waals surface area contributed by atoms with Crippen molar-refractivity contribution in [3.8, 4) is 23.0 Å². The molecular formula is C25H23BrN4O4S. The van der Waals surface area contributed by atoms with Crippen LogP contribution in [-0.4, -0.2) is 53.9 Å². The van der Waals surface area contributed by atoms with Crippen LogP contribution in [0.3, 0.4) is 0 Å². The molecule has 1 unspecified atom stereocenters. The molecule has 5 rings (SSSR count). The third kappa shape index (κ3) is 5.00. The van der Waals surface area contributed by atoms with Gasteiger partial charge in [-0.3, -0.25) is 9.88 Å². The van der Waals surface area contributed by atoms with Gasteiger partial charge < -0.3 is 14.5 Å². The minimum absolute atomic E-state index is 0.0208. The second-order valence-corrected chi connectivity index (χ2v) is 11.5. The summed E-state index contributed by atoms with van der Waals surface area (Å²) < 4.78 is 30.8. The van der Waals surface area contributed by atoms with Crippen molar-refractivity contribution in [3.05, 3.63) is 64.8 Å². The first-order valence-corrected chi connectivity index (χ1v) is 13.8. The molecule has 3 heterocycles. The third-order valence-electron chi connectivity index (χ3n) is 6.09. The van der Waals surface area contributed by atoms with Crippen molar-refractivity contribution in [1.82, 2.24) is 19.9 Å². The monoisotopic (exact) mass is 554 g/mol. The van der Waals surface area contributed by atoms with Crippen molar-refractivity contribution in [2.24, 2.45) is 0 Å². The molecule has 1 aliphatic heterocycles. The highest BCUT2D eigenvalue weighted by molar-refractivity contribution is 9.10. The number of halogens is 1. The van der Waals surface area contributed by atoms with Crippen LogP contribution in [0.4, 0.5) is 0 Å². The molecule has 180 valence electrons. The number of aromatic nitrogens is 3. The van der Waals surface area contributed by atoms with Gasteiger partial charge in [0.2, 0.25) is 0 Å². The van der Waals surface area contributed by atoms with Crippen molar-refractivity contribution in [1.29, 1.82) is 0 Å². The first kappa shape index (κ1) is 23.7. The number of rotatable bonds is 7. The molecule has 0 bridgehead atoms. The number of imidazole rings is 1. The SMILES string of the molecule is CS(=O)(=O)c1ccc(Oc2cc3nc(-c4ccc(Br)cn4)[nH]c3cc2C2CCCN2CC=O)cc1. The molecule has 10 heteroatoms. The first-order chi connectivity index (χ1) is 16.8. The van der Waals surface area contributed by atoms with Crippen LogP contribution in [0.1, 0.15) is 24.4 Å². The maximum atomic E-state index is 11.8. The fraction of sp³-hybridized carbons (Fsp3) is 0.240. The summed E-state index contributed by atoms with van der Waals surface area (Å²) in [5, 5.41) is 0. The lowest BCUT2D eigenvalue weighted by molar-refractivity contribution is -0.109. The van der Waals surface area contributed by atoms with E-state index in [1.165, 1.54) is 18.4 Å². The predicted molar refractivity (Wildman–Crippen MR) is 136 cm³/mol. The number of nitrogens with zero attached hydrogens (tertiary/aromatic N) is 3. The van der Waals surface area contributed by atoms with Gasteiger partial charge in [-0.05, 0) is 77.8 Å². The molecule has 0 radical (unpaired) electrons. The number of aldehydes is 1. The second-order valence-electron chi connectivity index (χ2n) is 8.52. The molecule has 1 saturated heterocycles. The molecule has 35 heavy (non-hydrogen) atoms. The minimum Gasteiger partial charge on any atom is -0.457 e. The number of H-pyrrole nitrogens is 1. The molecule has 8 nitrogen and oxygen atoms in total. The lowest BCUT2D eigenvalue weighted by Crippen LogP contribution is -2.25. The van der Waals surface area contributed by atoms with Gasteiger partial charge in [0.05, 0.1) is 22.5 Å². The van der Waals surface area contributed by atoms with Gasteiger partial charge in [0, 0.05) is 34.6 Å². The molecule has 0 amide bonds. The zero-order chi connectivity index (χ0) is 24.6. The number of hydrogen-bond acceptors (Lipinski definition) is 7. The van der Waals surface area contributed by atoms with Crippen LogP contribution in [0.5, 0.6) is 11.5 Å². The highest BCUT2D eigenvalue weighted by Gasteiger charge is 2.29. The van der Waals surface area contributed by atoms with E-state index in [0.717, 1.165) is 46.7 Å². The Morgan fingerprint density at radius 3 is 2.69 bits per heavy atom. The predicted octanol–water partition coefficient (Wildman–Crippen LogP) is 4.92. The maximum absolute atomic E-state index is 11.8. The van der Waals surface area contributed by atoms with E-state index in [1.807, 2.05) is 24.3 Å². The number of pyridine rings is 1. The van der Waals surface area contributed by atoms with Gasteiger partial charge >= 0.3 is 0 Å². The lowest BCUT2D eigenvalue weighted by atomic mass is 10.0. The van der Waals surface area contributed by atoms with Crippen molar-refractivity contribution in [3.63, 3.8) is 0 Å². The maximum Gasteiger partial charge on any atom is 0.175 e. The number of fused-ring (bicyclic) bond motifs is 1. The quantitative estimate of drug-likeness (QED) is 0.323. The van der Waals surface area contributed by atoms with E-state index in [4.69, 9.17) is 9.72 Å². The van der Waals surface area contributed by atoms with E-state index in [1.54, 1.807) is 18.3 Å². The van der Waals surface area contributed by atoms with E-state index in [2.05, 4.69) is 30.8 Å². The molecule has 0 spiro atoms. The molecule has 0 saturated carbocycles. The van der Waals surface area contributed by atoms with Crippen LogP contribution in [0, 0.1) is 0 Å². The molecule has 2 aromatic carbocycles. The van der Waals surface area contributed by atoms with Gasteiger partial charge in [0.1, 0.15) is 23.5 Å². The first-order valence-electron chi connectivity index (χ1n) is 11.1. The summed E-state index contributed by atoms with van der Waals surface area (Å²) in [6.45, 7) is 1.18. The molecule has 2 aromatic heterocycles. The molecule has 4 aromatic rings. The Morgan fingerprint density at radius 1 is 1.20 bits per heavy atom. The minimum atomic E-state index is -3.30. The van der Waals surface area contributed by atoms with Crippen LogP contribution in [-0.2, 0) is 14.6 Å². The van der Waals surface area contributed by atoms with E-state index in [-0.39, 0.29) is 10.9 Å². The van der Waals surface area contributed by atoms with Crippen molar-refractivity contribution in [2.45, 2.75) is 23.8 Å². The van der Waals surface area contributed by atoms with Crippen LogP contribution in [0.2, 0.25) is 0 Å². The number of aromatic amines is 1. The van der Waals surface area contributed by atoms with Crippen molar-refractivity contribution in [2.75, 3.05) is 19.3 Å². The summed E-state index contributed by atoms with van der Waals surface area (Å²) in [6.07, 6.45) is 5.70. The van der Waals surface area contributed by atoms with E-state index < -0.39 is 9.84 Å². The number of sulfone groups is 1. The zero-order valence-electron chi connectivity index (χ0n) is 18.9.